The van der Waals surface area contributed by atoms with Crippen molar-refractivity contribution >= 4 is 29.0 Å². The van der Waals surface area contributed by atoms with Crippen molar-refractivity contribution in [3.63, 3.8) is 0 Å². The monoisotopic (exact) mass is 539 g/mol. The van der Waals surface area contributed by atoms with Crippen LogP contribution >= 0.6 is 12.2 Å². The van der Waals surface area contributed by atoms with Gasteiger partial charge in [0.2, 0.25) is 0 Å². The second kappa shape index (κ2) is 11.7. The number of hydrogen-bond acceptors (Lipinski definition) is 5. The molecule has 0 spiro atoms. The van der Waals surface area contributed by atoms with Crippen molar-refractivity contribution in [2.75, 3.05) is 25.5 Å². The summed E-state index contributed by atoms with van der Waals surface area (Å²) in [4.78, 5) is 19.2. The van der Waals surface area contributed by atoms with E-state index in [4.69, 9.17) is 17.0 Å². The number of rotatable bonds is 9. The van der Waals surface area contributed by atoms with Gasteiger partial charge in [0, 0.05) is 42.0 Å². The van der Waals surface area contributed by atoms with Crippen LogP contribution in [0.15, 0.2) is 85.1 Å². The summed E-state index contributed by atoms with van der Waals surface area (Å²) in [7, 11) is 1.40. The van der Waals surface area contributed by atoms with Crippen molar-refractivity contribution in [1.82, 2.24) is 19.8 Å². The Hall–Kier alpha value is -4.17. The Bertz CT molecular complexity index is 1450. The molecular weight excluding hydrogens is 506 g/mol. The molecule has 2 aromatic carbocycles. The molecule has 0 bridgehead atoms. The number of thiocarbonyl (C=S) groups is 1. The number of pyridine rings is 1. The minimum Gasteiger partial charge on any atom is -0.465 e. The number of carbonyl (C=O) groups excluding carboxylic acids is 1. The maximum absolute atomic E-state index is 12.2. The highest BCUT2D eigenvalue weighted by atomic mass is 32.1. The van der Waals surface area contributed by atoms with Crippen LogP contribution in [0.2, 0.25) is 0 Å². The fraction of sp³-hybridized carbons (Fsp3) is 0.258. The Morgan fingerprint density at radius 3 is 2.59 bits per heavy atom. The van der Waals surface area contributed by atoms with Gasteiger partial charge in [-0.15, -0.1) is 0 Å². The van der Waals surface area contributed by atoms with Gasteiger partial charge in [-0.25, -0.2) is 4.79 Å². The molecule has 0 aliphatic carbocycles. The number of para-hydroxylation sites is 1. The molecule has 0 unspecified atom stereocenters. The summed E-state index contributed by atoms with van der Waals surface area (Å²) < 4.78 is 7.14. The van der Waals surface area contributed by atoms with Crippen LogP contribution in [0.3, 0.4) is 0 Å². The third-order valence-corrected chi connectivity index (χ3v) is 7.54. The number of anilines is 1. The second-order valence-electron chi connectivity index (χ2n) is 9.67. The molecule has 1 saturated heterocycles. The van der Waals surface area contributed by atoms with Crippen molar-refractivity contribution in [2.24, 2.45) is 0 Å². The van der Waals surface area contributed by atoms with Gasteiger partial charge in [-0.05, 0) is 86.6 Å². The van der Waals surface area contributed by atoms with E-state index >= 15 is 0 Å². The third-order valence-electron chi connectivity index (χ3n) is 7.19. The van der Waals surface area contributed by atoms with E-state index in [0.717, 1.165) is 53.1 Å². The molecule has 0 amide bonds. The molecule has 7 nitrogen and oxygen atoms in total. The topological polar surface area (TPSA) is 71.4 Å². The van der Waals surface area contributed by atoms with Gasteiger partial charge in [-0.1, -0.05) is 30.3 Å². The Morgan fingerprint density at radius 2 is 1.85 bits per heavy atom. The predicted octanol–water partition coefficient (Wildman–Crippen LogP) is 5.75. The van der Waals surface area contributed by atoms with Crippen LogP contribution in [-0.4, -0.2) is 45.7 Å². The van der Waals surface area contributed by atoms with Gasteiger partial charge in [-0.3, -0.25) is 4.98 Å². The number of nitrogens with one attached hydrogen (secondary N) is 2. The lowest BCUT2D eigenvalue weighted by Gasteiger charge is -2.28. The minimum atomic E-state index is -0.351. The number of aryl methyl sites for hydroxylation is 1. The fourth-order valence-electron chi connectivity index (χ4n) is 5.40. The van der Waals surface area contributed by atoms with Gasteiger partial charge in [0.1, 0.15) is 0 Å². The number of benzene rings is 2. The summed E-state index contributed by atoms with van der Waals surface area (Å²) in [5.41, 5.74) is 6.85. The third kappa shape index (κ3) is 5.52. The molecule has 0 radical (unpaired) electrons. The average Bonchev–Trinajstić information content (AvgIpc) is 3.45. The van der Waals surface area contributed by atoms with E-state index in [1.807, 2.05) is 60.8 Å². The van der Waals surface area contributed by atoms with E-state index in [-0.39, 0.29) is 18.1 Å². The number of esters is 1. The van der Waals surface area contributed by atoms with E-state index in [9.17, 15) is 4.79 Å². The summed E-state index contributed by atoms with van der Waals surface area (Å²) >= 11 is 5.88. The number of carbonyl (C=O) groups is 1. The Morgan fingerprint density at radius 1 is 1.05 bits per heavy atom. The van der Waals surface area contributed by atoms with E-state index in [1.54, 1.807) is 6.07 Å². The van der Waals surface area contributed by atoms with Gasteiger partial charge in [0.25, 0.3) is 0 Å². The van der Waals surface area contributed by atoms with Crippen LogP contribution in [0, 0.1) is 13.8 Å². The van der Waals surface area contributed by atoms with E-state index in [0.29, 0.717) is 5.56 Å². The molecule has 3 heterocycles. The molecule has 2 aromatic heterocycles. The maximum Gasteiger partial charge on any atom is 0.337 e. The predicted molar refractivity (Wildman–Crippen MR) is 158 cm³/mol. The first-order valence-corrected chi connectivity index (χ1v) is 13.5. The summed E-state index contributed by atoms with van der Waals surface area (Å²) in [5, 5.41) is 7.79. The maximum atomic E-state index is 12.2. The lowest BCUT2D eigenvalue weighted by molar-refractivity contribution is 0.0600. The Labute approximate surface area is 234 Å². The molecule has 200 valence electrons. The van der Waals surface area contributed by atoms with Gasteiger partial charge in [0.05, 0.1) is 30.5 Å². The van der Waals surface area contributed by atoms with Crippen LogP contribution < -0.4 is 10.6 Å². The first kappa shape index (κ1) is 26.4. The van der Waals surface area contributed by atoms with Crippen molar-refractivity contribution < 1.29 is 9.53 Å². The lowest BCUT2D eigenvalue weighted by atomic mass is 9.96. The van der Waals surface area contributed by atoms with Crippen LogP contribution in [0.25, 0.3) is 5.69 Å². The average molecular weight is 540 g/mol. The van der Waals surface area contributed by atoms with Crippen LogP contribution in [0.4, 0.5) is 5.69 Å². The first-order chi connectivity index (χ1) is 19.0. The molecule has 1 aliphatic rings. The summed E-state index contributed by atoms with van der Waals surface area (Å²) in [6, 6.07) is 25.9. The van der Waals surface area contributed by atoms with E-state index in [2.05, 4.69) is 57.1 Å². The largest absolute Gasteiger partial charge is 0.465 e. The van der Waals surface area contributed by atoms with E-state index in [1.165, 1.54) is 12.7 Å². The molecular formula is C31H33N5O2S. The van der Waals surface area contributed by atoms with Crippen LogP contribution in [0.1, 0.15) is 51.5 Å². The standard InChI is InChI=1S/C31H33N5O2S/c1-21-19-26(22(2)36(21)25-14-9-11-23(20-25)30(37)38-3)29-28(27-15-7-8-16-33-27)34-31(39)35(29)18-10-17-32-24-12-5-4-6-13-24/h4-9,11-16,19-20,28-29,32H,10,17-18H2,1-3H3,(H,34,39)/t28-,29-/m1/s1. The zero-order valence-electron chi connectivity index (χ0n) is 22.4. The number of nitrogens with zero attached hydrogens (tertiary/aromatic N) is 3. The van der Waals surface area contributed by atoms with Crippen LogP contribution in [-0.2, 0) is 4.74 Å². The molecule has 8 heteroatoms. The molecule has 2 atom stereocenters. The summed E-state index contributed by atoms with van der Waals surface area (Å²) in [5.74, 6) is -0.351. The lowest BCUT2D eigenvalue weighted by Crippen LogP contribution is -2.31. The highest BCUT2D eigenvalue weighted by Gasteiger charge is 2.41. The zero-order valence-corrected chi connectivity index (χ0v) is 23.2. The van der Waals surface area contributed by atoms with Gasteiger partial charge in [-0.2, -0.15) is 0 Å². The van der Waals surface area contributed by atoms with Gasteiger partial charge < -0.3 is 24.8 Å². The summed E-state index contributed by atoms with van der Waals surface area (Å²) in [6.07, 6.45) is 2.74. The number of aromatic nitrogens is 2. The van der Waals surface area contributed by atoms with Crippen LogP contribution in [0.5, 0.6) is 0 Å². The fourth-order valence-corrected chi connectivity index (χ4v) is 5.73. The molecule has 4 aromatic rings. The van der Waals surface area contributed by atoms with Gasteiger partial charge >= 0.3 is 5.97 Å². The highest BCUT2D eigenvalue weighted by molar-refractivity contribution is 7.80. The van der Waals surface area contributed by atoms with Gasteiger partial charge in [0.15, 0.2) is 5.11 Å². The molecule has 1 aliphatic heterocycles. The van der Waals surface area contributed by atoms with Crippen molar-refractivity contribution in [3.8, 4) is 5.69 Å². The second-order valence-corrected chi connectivity index (χ2v) is 10.1. The Kier molecular flexibility index (Phi) is 7.93. The quantitative estimate of drug-likeness (QED) is 0.159. The normalized spacial score (nSPS) is 16.7. The molecule has 2 N–H and O–H groups in total. The van der Waals surface area contributed by atoms with Crippen molar-refractivity contribution in [1.29, 1.82) is 0 Å². The SMILES string of the molecule is COC(=O)c1cccc(-n2c(C)cc([C@@H]3[C@@H](c4ccccn4)NC(=S)N3CCCNc3ccccc3)c2C)c1. The molecule has 5 rings (SSSR count). The Balaban J connectivity index is 1.47. The smallest absolute Gasteiger partial charge is 0.337 e. The zero-order chi connectivity index (χ0) is 27.4. The first-order valence-electron chi connectivity index (χ1n) is 13.1. The van der Waals surface area contributed by atoms with E-state index < -0.39 is 0 Å². The molecule has 0 saturated carbocycles. The highest BCUT2D eigenvalue weighted by Crippen LogP contribution is 2.41. The van der Waals surface area contributed by atoms with Crippen molar-refractivity contribution in [3.05, 3.63) is 113 Å². The number of hydrogen-bond donors (Lipinski definition) is 2. The number of ether oxygens (including phenoxy) is 1. The number of methoxy groups -OCH3 is 1. The van der Waals surface area contributed by atoms with Crippen molar-refractivity contribution in [2.45, 2.75) is 32.4 Å². The minimum absolute atomic E-state index is 0.0344. The molecule has 1 fully saturated rings. The molecule has 39 heavy (non-hydrogen) atoms. The summed E-state index contributed by atoms with van der Waals surface area (Å²) in [6.45, 7) is 5.84.